The van der Waals surface area contributed by atoms with Gasteiger partial charge in [0.05, 0.1) is 14.1 Å². The zero-order chi connectivity index (χ0) is 22.0. The van der Waals surface area contributed by atoms with Crippen molar-refractivity contribution in [3.63, 3.8) is 0 Å². The molecule has 1 aliphatic rings. The summed E-state index contributed by atoms with van der Waals surface area (Å²) < 4.78 is 15.7. The first-order valence-corrected chi connectivity index (χ1v) is 9.49. The zero-order valence-corrected chi connectivity index (χ0v) is 16.4. The summed E-state index contributed by atoms with van der Waals surface area (Å²) in [6.07, 6.45) is 3.88. The first-order valence-electron chi connectivity index (χ1n) is 10.5. The number of urea groups is 1. The number of amides is 2. The Kier molecular flexibility index (Phi) is 4.58. The van der Waals surface area contributed by atoms with E-state index in [-0.39, 0.29) is 24.2 Å². The maximum Gasteiger partial charge on any atom is 0.319 e. The van der Waals surface area contributed by atoms with Crippen LogP contribution in [0.15, 0.2) is 89.5 Å². The van der Waals surface area contributed by atoms with Crippen molar-refractivity contribution < 1.29 is 7.54 Å². The standard InChI is InChI=1S/C25H23N3O/c1-17-8-6-11-20(14-17)27-25(29)28-21-15-18(2)26-24-13-7-12-22(23(24)16-21)19-9-4-3-5-10-19/h3-16,21H,1-2H3,(H2,27,28,29)/t21-/m0/s1/i3D,4D. The average molecular weight is 383 g/mol. The van der Waals surface area contributed by atoms with Crippen LogP contribution in [0.1, 0.15) is 15.2 Å². The predicted molar refractivity (Wildman–Crippen MR) is 118 cm³/mol. The van der Waals surface area contributed by atoms with Gasteiger partial charge >= 0.3 is 6.03 Å². The summed E-state index contributed by atoms with van der Waals surface area (Å²) in [6.45, 7) is 3.88. The lowest BCUT2D eigenvalue weighted by molar-refractivity contribution is 0.252. The maximum absolute atomic E-state index is 12.6. The predicted octanol–water partition coefficient (Wildman–Crippen LogP) is 4.17. The largest absolute Gasteiger partial charge is 0.328 e. The fourth-order valence-electron chi connectivity index (χ4n) is 3.43. The lowest BCUT2D eigenvalue weighted by Gasteiger charge is -2.13. The molecule has 4 heteroatoms. The second-order valence-corrected chi connectivity index (χ2v) is 7.04. The smallest absolute Gasteiger partial charge is 0.319 e. The van der Waals surface area contributed by atoms with Gasteiger partial charge in [-0.15, -0.1) is 0 Å². The summed E-state index contributed by atoms with van der Waals surface area (Å²) in [4.78, 5) is 17.3. The minimum atomic E-state index is -0.359. The summed E-state index contributed by atoms with van der Waals surface area (Å²) >= 11 is 0. The highest BCUT2D eigenvalue weighted by Crippen LogP contribution is 2.15. The van der Waals surface area contributed by atoms with E-state index in [0.29, 0.717) is 0 Å². The van der Waals surface area contributed by atoms with Gasteiger partial charge in [0.25, 0.3) is 0 Å². The Morgan fingerprint density at radius 1 is 1.00 bits per heavy atom. The first kappa shape index (κ1) is 16.3. The van der Waals surface area contributed by atoms with E-state index in [4.69, 9.17) is 7.73 Å². The van der Waals surface area contributed by atoms with Crippen molar-refractivity contribution in [3.05, 3.63) is 101 Å². The van der Waals surface area contributed by atoms with Crippen molar-refractivity contribution in [2.45, 2.75) is 19.9 Å². The van der Waals surface area contributed by atoms with Crippen molar-refractivity contribution in [2.24, 2.45) is 4.99 Å². The van der Waals surface area contributed by atoms with Crippen LogP contribution in [0.4, 0.5) is 10.5 Å². The summed E-state index contributed by atoms with van der Waals surface area (Å²) in [7, 11) is 0. The molecule has 2 N–H and O–H groups in total. The van der Waals surface area contributed by atoms with Gasteiger partial charge < -0.3 is 10.6 Å². The zero-order valence-electron chi connectivity index (χ0n) is 18.4. The summed E-state index contributed by atoms with van der Waals surface area (Å²) in [5.41, 5.74) is 4.35. The molecule has 0 saturated carbocycles. The van der Waals surface area contributed by atoms with Crippen LogP contribution < -0.4 is 21.2 Å². The normalized spacial score (nSPS) is 16.1. The van der Waals surface area contributed by atoms with Crippen molar-refractivity contribution in [1.29, 1.82) is 0 Å². The molecule has 0 spiro atoms. The number of hydrogen-bond acceptors (Lipinski definition) is 2. The van der Waals surface area contributed by atoms with Gasteiger partial charge in [0.2, 0.25) is 0 Å². The van der Waals surface area contributed by atoms with Crippen LogP contribution in [-0.2, 0) is 0 Å². The number of nitrogens with zero attached hydrogens (tertiary/aromatic N) is 1. The van der Waals surface area contributed by atoms with Gasteiger partial charge in [-0.25, -0.2) is 4.79 Å². The molecule has 0 fully saturated rings. The number of aryl methyl sites for hydroxylation is 1. The minimum absolute atomic E-state index is 0.169. The molecule has 0 aliphatic carbocycles. The Morgan fingerprint density at radius 3 is 2.69 bits per heavy atom. The summed E-state index contributed by atoms with van der Waals surface area (Å²) in [5, 5.41) is 7.55. The molecule has 1 atom stereocenters. The molecule has 0 saturated heterocycles. The molecule has 4 rings (SSSR count). The number of allylic oxidation sites excluding steroid dienone is 1. The maximum atomic E-state index is 12.6. The van der Waals surface area contributed by atoms with Crippen molar-refractivity contribution in [3.8, 4) is 11.1 Å². The topological polar surface area (TPSA) is 53.5 Å². The van der Waals surface area contributed by atoms with Crippen LogP contribution in [0.2, 0.25) is 0 Å². The molecule has 1 heterocycles. The average Bonchev–Trinajstić information content (AvgIpc) is 2.87. The van der Waals surface area contributed by atoms with E-state index in [1.54, 1.807) is 12.1 Å². The van der Waals surface area contributed by atoms with E-state index in [1.165, 1.54) is 0 Å². The van der Waals surface area contributed by atoms with E-state index in [1.807, 2.05) is 74.5 Å². The van der Waals surface area contributed by atoms with Crippen LogP contribution in [-0.4, -0.2) is 12.1 Å². The molecule has 2 amide bonds. The van der Waals surface area contributed by atoms with Crippen LogP contribution in [0.5, 0.6) is 0 Å². The first-order chi connectivity index (χ1) is 14.9. The van der Waals surface area contributed by atoms with Gasteiger partial charge in [0.15, 0.2) is 0 Å². The number of benzene rings is 3. The van der Waals surface area contributed by atoms with Gasteiger partial charge in [-0.3, -0.25) is 4.99 Å². The molecular formula is C25H23N3O. The van der Waals surface area contributed by atoms with E-state index in [2.05, 4.69) is 10.6 Å². The van der Waals surface area contributed by atoms with Crippen molar-refractivity contribution >= 4 is 17.8 Å². The number of anilines is 1. The molecule has 3 aromatic carbocycles. The third kappa shape index (κ3) is 4.43. The Bertz CT molecular complexity index is 1310. The third-order valence-corrected chi connectivity index (χ3v) is 4.69. The van der Waals surface area contributed by atoms with Gasteiger partial charge in [-0.1, -0.05) is 54.5 Å². The van der Waals surface area contributed by atoms with Gasteiger partial charge in [0.1, 0.15) is 0 Å². The van der Waals surface area contributed by atoms with E-state index in [9.17, 15) is 4.79 Å². The Hall–Kier alpha value is -3.66. The lowest BCUT2D eigenvalue weighted by Crippen LogP contribution is -2.38. The Labute approximate surface area is 173 Å². The molecule has 4 nitrogen and oxygen atoms in total. The van der Waals surface area contributed by atoms with Crippen LogP contribution in [0.3, 0.4) is 0 Å². The summed E-state index contributed by atoms with van der Waals surface area (Å²) in [6, 6.07) is 18.3. The summed E-state index contributed by atoms with van der Waals surface area (Å²) in [5.74, 6) is 0. The van der Waals surface area contributed by atoms with Crippen LogP contribution in [0.25, 0.3) is 17.2 Å². The monoisotopic (exact) mass is 383 g/mol. The molecule has 29 heavy (non-hydrogen) atoms. The van der Waals surface area contributed by atoms with Crippen molar-refractivity contribution in [1.82, 2.24) is 5.32 Å². The SMILES string of the molecule is [2H]c1ccc(-c2cccc3c2=C[C@@H](NC(=O)Nc2cccc(C)c2)C=C(C)N=3)cc1[2H]. The van der Waals surface area contributed by atoms with Gasteiger partial charge in [-0.2, -0.15) is 0 Å². The van der Waals surface area contributed by atoms with Crippen LogP contribution >= 0.6 is 0 Å². The highest BCUT2D eigenvalue weighted by atomic mass is 16.2. The number of rotatable bonds is 3. The highest BCUT2D eigenvalue weighted by molar-refractivity contribution is 5.90. The number of fused-ring (bicyclic) bond motifs is 1. The number of hydrogen-bond donors (Lipinski definition) is 2. The second kappa shape index (κ2) is 8.15. The second-order valence-electron chi connectivity index (χ2n) is 7.04. The quantitative estimate of drug-likeness (QED) is 0.701. The Balaban J connectivity index is 1.70. The third-order valence-electron chi connectivity index (χ3n) is 4.69. The van der Waals surface area contributed by atoms with Crippen LogP contribution in [0, 0.1) is 6.92 Å². The molecular weight excluding hydrogens is 358 g/mol. The molecule has 3 aromatic rings. The Morgan fingerprint density at radius 2 is 1.86 bits per heavy atom. The molecule has 0 radical (unpaired) electrons. The van der Waals surface area contributed by atoms with E-state index >= 15 is 0 Å². The fourth-order valence-corrected chi connectivity index (χ4v) is 3.43. The lowest BCUT2D eigenvalue weighted by atomic mass is 10.0. The molecule has 0 unspecified atom stereocenters. The highest BCUT2D eigenvalue weighted by Gasteiger charge is 2.12. The molecule has 0 aromatic heterocycles. The van der Waals surface area contributed by atoms with E-state index < -0.39 is 0 Å². The van der Waals surface area contributed by atoms with E-state index in [0.717, 1.165) is 38.7 Å². The molecule has 1 aliphatic heterocycles. The number of carbonyl (C=O) groups is 1. The fraction of sp³-hybridized carbons (Fsp3) is 0.120. The van der Waals surface area contributed by atoms with Gasteiger partial charge in [0, 0.05) is 16.6 Å². The molecule has 144 valence electrons. The van der Waals surface area contributed by atoms with Gasteiger partial charge in [-0.05, 0) is 60.9 Å². The number of nitrogens with one attached hydrogen (secondary N) is 2. The minimum Gasteiger partial charge on any atom is -0.328 e. The van der Waals surface area contributed by atoms with Crippen molar-refractivity contribution in [2.75, 3.05) is 5.32 Å². The number of carbonyl (C=O) groups excluding carboxylic acids is 1. The molecule has 0 bridgehead atoms.